The van der Waals surface area contributed by atoms with Gasteiger partial charge in [0.15, 0.2) is 0 Å². The molecule has 4 heteroatoms. The minimum absolute atomic E-state index is 0.114. The van der Waals surface area contributed by atoms with Gasteiger partial charge in [-0.05, 0) is 6.92 Å². The fraction of sp³-hybridized carbons (Fsp3) is 0.571. The van der Waals surface area contributed by atoms with E-state index < -0.39 is 0 Å². The Morgan fingerprint density at radius 2 is 2.36 bits per heavy atom. The van der Waals surface area contributed by atoms with E-state index in [9.17, 15) is 4.79 Å². The average molecular weight is 173 g/mol. The van der Waals surface area contributed by atoms with E-state index in [1.165, 1.54) is 6.08 Å². The molecule has 1 fully saturated rings. The maximum absolute atomic E-state index is 10.9. The van der Waals surface area contributed by atoms with Crippen LogP contribution >= 0.6 is 11.8 Å². The highest BCUT2D eigenvalue weighted by Gasteiger charge is 2.21. The zero-order valence-electron chi connectivity index (χ0n) is 6.37. The Bertz CT molecular complexity index is 183. The van der Waals surface area contributed by atoms with Crippen LogP contribution in [-0.4, -0.2) is 23.6 Å². The van der Waals surface area contributed by atoms with Gasteiger partial charge in [-0.25, -0.2) is 4.79 Å². The van der Waals surface area contributed by atoms with Crippen LogP contribution in [0.5, 0.6) is 0 Å². The highest BCUT2D eigenvalue weighted by Crippen LogP contribution is 2.20. The van der Waals surface area contributed by atoms with Gasteiger partial charge in [0.25, 0.3) is 0 Å². The lowest BCUT2D eigenvalue weighted by atomic mass is 10.4. The first-order valence-corrected chi connectivity index (χ1v) is 4.56. The molecule has 0 aliphatic carbocycles. The second-order valence-electron chi connectivity index (χ2n) is 2.48. The number of esters is 1. The lowest BCUT2D eigenvalue weighted by Gasteiger charge is -2.23. The maximum Gasteiger partial charge on any atom is 0.332 e. The van der Waals surface area contributed by atoms with Crippen LogP contribution in [0.25, 0.3) is 0 Å². The summed E-state index contributed by atoms with van der Waals surface area (Å²) in [6.45, 7) is 1.66. The molecule has 1 aliphatic heterocycles. The number of ether oxygens (including phenoxy) is 1. The van der Waals surface area contributed by atoms with Gasteiger partial charge in [-0.3, -0.25) is 0 Å². The van der Waals surface area contributed by atoms with Crippen LogP contribution in [-0.2, 0) is 9.53 Å². The molecule has 0 aromatic heterocycles. The lowest BCUT2D eigenvalue weighted by molar-refractivity contribution is -0.141. The van der Waals surface area contributed by atoms with Gasteiger partial charge in [-0.2, -0.15) is 11.8 Å². The molecule has 11 heavy (non-hydrogen) atoms. The summed E-state index contributed by atoms with van der Waals surface area (Å²) in [4.78, 5) is 10.9. The minimum atomic E-state index is -0.324. The number of rotatable bonds is 2. The Hall–Kier alpha value is -0.640. The van der Waals surface area contributed by atoms with Crippen molar-refractivity contribution in [3.63, 3.8) is 0 Å². The minimum Gasteiger partial charge on any atom is -0.457 e. The molecule has 0 aromatic carbocycles. The van der Waals surface area contributed by atoms with Crippen molar-refractivity contribution in [1.82, 2.24) is 0 Å². The number of nitrogens with two attached hydrogens (primary N) is 1. The summed E-state index contributed by atoms with van der Waals surface area (Å²) in [6.07, 6.45) is 1.42. The summed E-state index contributed by atoms with van der Waals surface area (Å²) >= 11 is 1.78. The summed E-state index contributed by atoms with van der Waals surface area (Å²) in [5.41, 5.74) is 5.77. The van der Waals surface area contributed by atoms with Crippen LogP contribution < -0.4 is 5.73 Å². The molecular formula is C7H11NO2S. The molecule has 0 radical (unpaired) electrons. The number of hydrogen-bond donors (Lipinski definition) is 1. The third-order valence-corrected chi connectivity index (χ3v) is 2.45. The van der Waals surface area contributed by atoms with Gasteiger partial charge >= 0.3 is 5.97 Å². The van der Waals surface area contributed by atoms with Gasteiger partial charge in [0.1, 0.15) is 6.10 Å². The molecule has 1 aliphatic rings. The number of carbonyl (C=O) groups is 1. The van der Waals surface area contributed by atoms with E-state index in [4.69, 9.17) is 10.5 Å². The van der Waals surface area contributed by atoms with Gasteiger partial charge in [0.05, 0.1) is 0 Å². The predicted octanol–water partition coefficient (Wildman–Crippen LogP) is 0.508. The van der Waals surface area contributed by atoms with Crippen LogP contribution in [0.2, 0.25) is 0 Å². The molecule has 2 N–H and O–H groups in total. The topological polar surface area (TPSA) is 52.3 Å². The second-order valence-corrected chi connectivity index (χ2v) is 3.56. The molecule has 1 saturated heterocycles. The van der Waals surface area contributed by atoms with E-state index in [1.807, 2.05) is 0 Å². The summed E-state index contributed by atoms with van der Waals surface area (Å²) in [5, 5.41) is 0. The predicted molar refractivity (Wildman–Crippen MR) is 45.1 cm³/mol. The van der Waals surface area contributed by atoms with Crippen LogP contribution in [0.3, 0.4) is 0 Å². The van der Waals surface area contributed by atoms with Crippen molar-refractivity contribution in [2.45, 2.75) is 13.0 Å². The first-order valence-electron chi connectivity index (χ1n) is 3.40. The van der Waals surface area contributed by atoms with Gasteiger partial charge < -0.3 is 10.5 Å². The molecule has 0 spiro atoms. The normalized spacial score (nSPS) is 19.2. The Kier molecular flexibility index (Phi) is 2.82. The molecular weight excluding hydrogens is 162 g/mol. The molecule has 0 bridgehead atoms. The van der Waals surface area contributed by atoms with Crippen LogP contribution in [0.15, 0.2) is 11.8 Å². The maximum atomic E-state index is 10.9. The first kappa shape index (κ1) is 8.46. The molecule has 1 rings (SSSR count). The SMILES string of the molecule is C/C(N)=C/C(=O)OC1CSC1. The Balaban J connectivity index is 2.25. The molecule has 62 valence electrons. The highest BCUT2D eigenvalue weighted by atomic mass is 32.2. The quantitative estimate of drug-likeness (QED) is 0.488. The van der Waals surface area contributed by atoms with Crippen molar-refractivity contribution in [3.05, 3.63) is 11.8 Å². The van der Waals surface area contributed by atoms with Crippen molar-refractivity contribution in [1.29, 1.82) is 0 Å². The van der Waals surface area contributed by atoms with Gasteiger partial charge in [-0.15, -0.1) is 0 Å². The molecule has 0 saturated carbocycles. The van der Waals surface area contributed by atoms with Gasteiger partial charge in [0.2, 0.25) is 0 Å². The van der Waals surface area contributed by atoms with Gasteiger partial charge in [-0.1, -0.05) is 0 Å². The van der Waals surface area contributed by atoms with Gasteiger partial charge in [0, 0.05) is 23.3 Å². The Labute approximate surface area is 70.0 Å². The highest BCUT2D eigenvalue weighted by molar-refractivity contribution is 8.00. The van der Waals surface area contributed by atoms with Crippen LogP contribution in [0.4, 0.5) is 0 Å². The summed E-state index contributed by atoms with van der Waals surface area (Å²) < 4.78 is 4.98. The monoisotopic (exact) mass is 173 g/mol. The van der Waals surface area contributed by atoms with Crippen molar-refractivity contribution < 1.29 is 9.53 Å². The van der Waals surface area contributed by atoms with Crippen LogP contribution in [0, 0.1) is 0 Å². The smallest absolute Gasteiger partial charge is 0.332 e. The number of allylic oxidation sites excluding steroid dienone is 1. The van der Waals surface area contributed by atoms with E-state index in [0.29, 0.717) is 5.70 Å². The number of thioether (sulfide) groups is 1. The summed E-state index contributed by atoms with van der Waals surface area (Å²) in [5.74, 6) is 1.52. The standard InChI is InChI=1S/C7H11NO2S/c1-5(8)2-7(9)10-6-3-11-4-6/h2,6H,3-4,8H2,1H3/b5-2-. The zero-order chi connectivity index (χ0) is 8.27. The first-order chi connectivity index (χ1) is 5.18. The molecule has 0 atom stereocenters. The largest absolute Gasteiger partial charge is 0.457 e. The third-order valence-electron chi connectivity index (χ3n) is 1.24. The second kappa shape index (κ2) is 3.67. The van der Waals surface area contributed by atoms with Crippen molar-refractivity contribution in [3.8, 4) is 0 Å². The van der Waals surface area contributed by atoms with E-state index in [-0.39, 0.29) is 12.1 Å². The molecule has 1 heterocycles. The number of hydrogen-bond acceptors (Lipinski definition) is 4. The molecule has 0 unspecified atom stereocenters. The van der Waals surface area contributed by atoms with E-state index in [1.54, 1.807) is 18.7 Å². The molecule has 0 amide bonds. The van der Waals surface area contributed by atoms with E-state index in [2.05, 4.69) is 0 Å². The summed E-state index contributed by atoms with van der Waals surface area (Å²) in [6, 6.07) is 0. The fourth-order valence-corrected chi connectivity index (χ4v) is 1.23. The fourth-order valence-electron chi connectivity index (χ4n) is 0.666. The average Bonchev–Trinajstić information content (AvgIpc) is 1.77. The number of carbonyl (C=O) groups excluding carboxylic acids is 1. The van der Waals surface area contributed by atoms with Crippen molar-refractivity contribution in [2.75, 3.05) is 11.5 Å². The summed E-state index contributed by atoms with van der Waals surface area (Å²) in [7, 11) is 0. The van der Waals surface area contributed by atoms with E-state index in [0.717, 1.165) is 11.5 Å². The Morgan fingerprint density at radius 1 is 1.73 bits per heavy atom. The lowest BCUT2D eigenvalue weighted by Crippen LogP contribution is -2.30. The molecule has 3 nitrogen and oxygen atoms in total. The zero-order valence-corrected chi connectivity index (χ0v) is 7.19. The molecule has 0 aromatic rings. The van der Waals surface area contributed by atoms with E-state index >= 15 is 0 Å². The van der Waals surface area contributed by atoms with Crippen molar-refractivity contribution in [2.24, 2.45) is 5.73 Å². The Morgan fingerprint density at radius 3 is 2.73 bits per heavy atom. The van der Waals surface area contributed by atoms with Crippen molar-refractivity contribution >= 4 is 17.7 Å². The van der Waals surface area contributed by atoms with Crippen LogP contribution in [0.1, 0.15) is 6.92 Å². The third kappa shape index (κ3) is 2.84.